The van der Waals surface area contributed by atoms with Gasteiger partial charge in [-0.1, -0.05) is 0 Å². The van der Waals surface area contributed by atoms with Gasteiger partial charge in [-0.3, -0.25) is 0 Å². The molecule has 5 nitrogen and oxygen atoms in total. The average molecular weight is 179 g/mol. The molecule has 1 rings (SSSR count). The van der Waals surface area contributed by atoms with Crippen molar-refractivity contribution in [3.63, 3.8) is 0 Å². The predicted octanol–water partition coefficient (Wildman–Crippen LogP) is 2.83. The molecule has 0 aliphatic rings. The summed E-state index contributed by atoms with van der Waals surface area (Å²) in [6.07, 6.45) is 0. The number of aryl methyl sites for hydroxylation is 1. The molecule has 0 saturated carbocycles. The van der Waals surface area contributed by atoms with Crippen molar-refractivity contribution in [3.8, 4) is 0 Å². The van der Waals surface area contributed by atoms with Crippen molar-refractivity contribution < 1.29 is 0 Å². The monoisotopic (exact) mass is 179 g/mol. The molecule has 1 aromatic rings. The second kappa shape index (κ2) is 3.75. The van der Waals surface area contributed by atoms with Crippen LogP contribution in [0.2, 0.25) is 0 Å². The maximum absolute atomic E-state index is 10.3. The van der Waals surface area contributed by atoms with Gasteiger partial charge >= 0.3 is 0 Å². The minimum Gasteiger partial charge on any atom is -0.386 e. The molecule has 0 heterocycles. The van der Waals surface area contributed by atoms with Gasteiger partial charge in [-0.25, -0.2) is 0 Å². The number of rotatable bonds is 3. The first-order chi connectivity index (χ1) is 6.22. The van der Waals surface area contributed by atoms with E-state index in [-0.39, 0.29) is 11.4 Å². The van der Waals surface area contributed by atoms with Crippen molar-refractivity contribution >= 4 is 17.1 Å². The zero-order valence-corrected chi connectivity index (χ0v) is 7.37. The molecule has 0 aliphatic heterocycles. The van der Waals surface area contributed by atoms with Gasteiger partial charge in [-0.2, -0.15) is 0 Å². The fraction of sp³-hybridized carbons (Fsp3) is 0.250. The maximum Gasteiger partial charge on any atom is 0.133 e. The second-order valence-electron chi connectivity index (χ2n) is 2.59. The van der Waals surface area contributed by atoms with Crippen LogP contribution in [0.3, 0.4) is 0 Å². The van der Waals surface area contributed by atoms with Crippen LogP contribution in [0, 0.1) is 16.7 Å². The summed E-state index contributed by atoms with van der Waals surface area (Å²) >= 11 is 0. The van der Waals surface area contributed by atoms with Gasteiger partial charge in [-0.15, -0.1) is 9.81 Å². The summed E-state index contributed by atoms with van der Waals surface area (Å²) in [5.74, 6) is 0. The number of benzene rings is 1. The molecule has 0 aromatic heterocycles. The third-order valence-corrected chi connectivity index (χ3v) is 1.78. The van der Waals surface area contributed by atoms with Gasteiger partial charge in [0, 0.05) is 7.05 Å². The van der Waals surface area contributed by atoms with E-state index in [1.54, 1.807) is 20.0 Å². The Kier molecular flexibility index (Phi) is 2.69. The Hall–Kier alpha value is -1.78. The summed E-state index contributed by atoms with van der Waals surface area (Å²) in [5.41, 5.74) is 1.75. The van der Waals surface area contributed by atoms with E-state index in [2.05, 4.69) is 15.7 Å². The molecule has 0 radical (unpaired) electrons. The fourth-order valence-electron chi connectivity index (χ4n) is 1.06. The fourth-order valence-corrected chi connectivity index (χ4v) is 1.06. The first-order valence-electron chi connectivity index (χ1n) is 3.72. The van der Waals surface area contributed by atoms with Crippen LogP contribution in [0.5, 0.6) is 0 Å². The zero-order chi connectivity index (χ0) is 9.84. The molecule has 68 valence electrons. The molecule has 0 amide bonds. The van der Waals surface area contributed by atoms with Crippen LogP contribution < -0.4 is 5.32 Å². The highest BCUT2D eigenvalue weighted by Crippen LogP contribution is 2.32. The second-order valence-corrected chi connectivity index (χ2v) is 2.59. The summed E-state index contributed by atoms with van der Waals surface area (Å²) in [6, 6.07) is 3.02. The predicted molar refractivity (Wildman–Crippen MR) is 51.6 cm³/mol. The molecule has 0 fully saturated rings. The summed E-state index contributed by atoms with van der Waals surface area (Å²) < 4.78 is 0. The number of hydrogen-bond donors (Lipinski definition) is 1. The lowest BCUT2D eigenvalue weighted by atomic mass is 10.1. The Labute approximate surface area is 75.1 Å². The maximum atomic E-state index is 10.3. The molecule has 0 spiro atoms. The third kappa shape index (κ3) is 1.69. The van der Waals surface area contributed by atoms with Gasteiger partial charge in [-0.05, 0) is 35.0 Å². The number of nitroso groups, excluding NO2 is 2. The van der Waals surface area contributed by atoms with Crippen molar-refractivity contribution in [3.05, 3.63) is 27.5 Å². The lowest BCUT2D eigenvalue weighted by molar-refractivity contribution is 1.34. The average Bonchev–Trinajstić information content (AvgIpc) is 2.17. The normalized spacial score (nSPS) is 9.38. The van der Waals surface area contributed by atoms with Crippen LogP contribution in [-0.4, -0.2) is 7.05 Å². The van der Waals surface area contributed by atoms with E-state index in [1.807, 2.05) is 0 Å². The highest BCUT2D eigenvalue weighted by Gasteiger charge is 2.06. The van der Waals surface area contributed by atoms with E-state index >= 15 is 0 Å². The van der Waals surface area contributed by atoms with Crippen LogP contribution in [0.4, 0.5) is 17.1 Å². The first-order valence-corrected chi connectivity index (χ1v) is 3.72. The van der Waals surface area contributed by atoms with Crippen molar-refractivity contribution in [1.82, 2.24) is 0 Å². The van der Waals surface area contributed by atoms with Crippen LogP contribution in [0.15, 0.2) is 22.5 Å². The molecule has 1 aromatic carbocycles. The van der Waals surface area contributed by atoms with E-state index in [4.69, 9.17) is 0 Å². The van der Waals surface area contributed by atoms with Crippen molar-refractivity contribution in [2.24, 2.45) is 10.4 Å². The topological polar surface area (TPSA) is 70.9 Å². The van der Waals surface area contributed by atoms with Crippen LogP contribution in [0.25, 0.3) is 0 Å². The molecule has 0 saturated heterocycles. The molecular weight excluding hydrogens is 170 g/mol. The highest BCUT2D eigenvalue weighted by molar-refractivity contribution is 5.72. The van der Waals surface area contributed by atoms with Crippen LogP contribution >= 0.6 is 0 Å². The Morgan fingerprint density at radius 3 is 2.23 bits per heavy atom. The van der Waals surface area contributed by atoms with E-state index < -0.39 is 0 Å². The first kappa shape index (κ1) is 9.31. The van der Waals surface area contributed by atoms with Crippen molar-refractivity contribution in [1.29, 1.82) is 0 Å². The minimum atomic E-state index is 0.197. The molecule has 0 atom stereocenters. The quantitative estimate of drug-likeness (QED) is 0.725. The summed E-state index contributed by atoms with van der Waals surface area (Å²) in [7, 11) is 1.68. The molecule has 1 N–H and O–H groups in total. The van der Waals surface area contributed by atoms with Gasteiger partial charge in [0.2, 0.25) is 0 Å². The van der Waals surface area contributed by atoms with Crippen molar-refractivity contribution in [2.45, 2.75) is 6.92 Å². The number of hydrogen-bond acceptors (Lipinski definition) is 5. The van der Waals surface area contributed by atoms with E-state index in [0.717, 1.165) is 0 Å². The molecule has 0 bridgehead atoms. The Bertz CT molecular complexity index is 349. The lowest BCUT2D eigenvalue weighted by Crippen LogP contribution is -1.89. The third-order valence-electron chi connectivity index (χ3n) is 1.78. The summed E-state index contributed by atoms with van der Waals surface area (Å²) in [4.78, 5) is 20.6. The lowest BCUT2D eigenvalue weighted by Gasteiger charge is -2.04. The van der Waals surface area contributed by atoms with Gasteiger partial charge in [0.05, 0.1) is 5.69 Å². The van der Waals surface area contributed by atoms with Gasteiger partial charge in [0.1, 0.15) is 11.4 Å². The van der Waals surface area contributed by atoms with Crippen LogP contribution in [0.1, 0.15) is 5.56 Å². The molecule has 0 aliphatic carbocycles. The standard InChI is InChI=1S/C8H9N3O2/c1-5-3-7(9-2)8(11-13)4-6(5)10-12/h3-4,9H,1-2H3. The van der Waals surface area contributed by atoms with Crippen molar-refractivity contribution in [2.75, 3.05) is 12.4 Å². The molecule has 13 heavy (non-hydrogen) atoms. The Morgan fingerprint density at radius 1 is 1.15 bits per heavy atom. The number of anilines is 1. The number of nitrogens with zero attached hydrogens (tertiary/aromatic N) is 2. The smallest absolute Gasteiger partial charge is 0.133 e. The SMILES string of the molecule is CNc1cc(C)c(N=O)cc1N=O. The van der Waals surface area contributed by atoms with E-state index in [1.165, 1.54) is 6.07 Å². The largest absolute Gasteiger partial charge is 0.386 e. The van der Waals surface area contributed by atoms with E-state index in [0.29, 0.717) is 11.3 Å². The van der Waals surface area contributed by atoms with Gasteiger partial charge < -0.3 is 5.32 Å². The molecular formula is C8H9N3O2. The minimum absolute atomic E-state index is 0.197. The number of nitrogens with one attached hydrogen (secondary N) is 1. The highest BCUT2D eigenvalue weighted by atomic mass is 16.3. The summed E-state index contributed by atoms with van der Waals surface area (Å²) in [5, 5.41) is 8.36. The zero-order valence-electron chi connectivity index (χ0n) is 7.37. The molecule has 0 unspecified atom stereocenters. The van der Waals surface area contributed by atoms with Gasteiger partial charge in [0.15, 0.2) is 0 Å². The summed E-state index contributed by atoms with van der Waals surface area (Å²) in [6.45, 7) is 1.74. The molecule has 5 heteroatoms. The van der Waals surface area contributed by atoms with E-state index in [9.17, 15) is 9.81 Å². The Morgan fingerprint density at radius 2 is 1.77 bits per heavy atom. The van der Waals surface area contributed by atoms with Gasteiger partial charge in [0.25, 0.3) is 0 Å². The Balaban J connectivity index is 3.34. The van der Waals surface area contributed by atoms with Crippen LogP contribution in [-0.2, 0) is 0 Å².